The lowest BCUT2D eigenvalue weighted by Crippen LogP contribution is -2.67. The highest BCUT2D eigenvalue weighted by atomic mass is 28.4. The number of rotatable bonds is 6. The number of hydrogen-bond donors (Lipinski definition) is 1. The fraction of sp³-hybridized carbons (Fsp3) is 0.536. The van der Waals surface area contributed by atoms with Gasteiger partial charge in [-0.2, -0.15) is 0 Å². The number of ether oxygens (including phenoxy) is 1. The highest BCUT2D eigenvalue weighted by Crippen LogP contribution is 2.37. The molecule has 0 saturated carbocycles. The van der Waals surface area contributed by atoms with E-state index in [1.807, 2.05) is 37.8 Å². The molecule has 3 rings (SSSR count). The van der Waals surface area contributed by atoms with E-state index < -0.39 is 13.9 Å². The van der Waals surface area contributed by atoms with Gasteiger partial charge in [0, 0.05) is 13.2 Å². The average molecular weight is 484 g/mol. The normalized spacial score (nSPS) is 19.7. The number of amides is 1. The van der Waals surface area contributed by atoms with E-state index in [4.69, 9.17) is 9.16 Å². The van der Waals surface area contributed by atoms with Gasteiger partial charge in [0.2, 0.25) is 0 Å². The number of aliphatic hydroxyl groups is 1. The van der Waals surface area contributed by atoms with E-state index >= 15 is 0 Å². The van der Waals surface area contributed by atoms with E-state index in [1.165, 1.54) is 10.4 Å². The molecule has 0 aliphatic carbocycles. The fourth-order valence-electron chi connectivity index (χ4n) is 5.00. The van der Waals surface area contributed by atoms with E-state index in [0.717, 1.165) is 6.42 Å². The highest BCUT2D eigenvalue weighted by molar-refractivity contribution is 6.99. The van der Waals surface area contributed by atoms with Gasteiger partial charge in [-0.25, -0.2) is 4.79 Å². The predicted molar refractivity (Wildman–Crippen MR) is 140 cm³/mol. The summed E-state index contributed by atoms with van der Waals surface area (Å²) in [6, 6.07) is 20.9. The van der Waals surface area contributed by atoms with Gasteiger partial charge in [-0.05, 0) is 54.9 Å². The third kappa shape index (κ3) is 5.91. The Hall–Kier alpha value is -2.15. The second kappa shape index (κ2) is 10.6. The monoisotopic (exact) mass is 483 g/mol. The molecule has 34 heavy (non-hydrogen) atoms. The molecule has 1 aliphatic heterocycles. The molecule has 186 valence electrons. The second-order valence-corrected chi connectivity index (χ2v) is 15.7. The first-order chi connectivity index (χ1) is 16.0. The van der Waals surface area contributed by atoms with Crippen LogP contribution >= 0.6 is 0 Å². The van der Waals surface area contributed by atoms with Crippen LogP contribution < -0.4 is 10.4 Å². The zero-order valence-corrected chi connectivity index (χ0v) is 22.6. The highest BCUT2D eigenvalue weighted by Gasteiger charge is 2.51. The van der Waals surface area contributed by atoms with E-state index in [9.17, 15) is 9.90 Å². The number of carbonyl (C=O) groups is 1. The first-order valence-electron chi connectivity index (χ1n) is 12.3. The van der Waals surface area contributed by atoms with Crippen molar-refractivity contribution < 1.29 is 19.1 Å². The molecule has 1 N–H and O–H groups in total. The largest absolute Gasteiger partial charge is 0.444 e. The van der Waals surface area contributed by atoms with Gasteiger partial charge in [0.1, 0.15) is 5.60 Å². The Morgan fingerprint density at radius 2 is 1.50 bits per heavy atom. The maximum atomic E-state index is 13.1. The quantitative estimate of drug-likeness (QED) is 0.612. The van der Waals surface area contributed by atoms with Gasteiger partial charge in [-0.3, -0.25) is 0 Å². The van der Waals surface area contributed by atoms with Gasteiger partial charge in [0.25, 0.3) is 8.32 Å². The summed E-state index contributed by atoms with van der Waals surface area (Å²) >= 11 is 0. The summed E-state index contributed by atoms with van der Waals surface area (Å²) < 4.78 is 12.8. The van der Waals surface area contributed by atoms with Crippen LogP contribution in [0, 0.1) is 5.92 Å². The molecule has 0 unspecified atom stereocenters. The molecule has 0 bridgehead atoms. The molecule has 5 nitrogen and oxygen atoms in total. The first kappa shape index (κ1) is 26.5. The summed E-state index contributed by atoms with van der Waals surface area (Å²) in [5, 5.41) is 12.2. The summed E-state index contributed by atoms with van der Waals surface area (Å²) in [7, 11) is -2.72. The number of nitrogens with zero attached hydrogens (tertiary/aromatic N) is 1. The van der Waals surface area contributed by atoms with Crippen molar-refractivity contribution in [1.82, 2.24) is 4.90 Å². The van der Waals surface area contributed by atoms with Gasteiger partial charge < -0.3 is 19.2 Å². The van der Waals surface area contributed by atoms with Crippen LogP contribution in [0.3, 0.4) is 0 Å². The van der Waals surface area contributed by atoms with E-state index in [1.54, 1.807) is 0 Å². The molecule has 1 amide bonds. The lowest BCUT2D eigenvalue weighted by Gasteiger charge is -2.46. The molecule has 2 aromatic carbocycles. The number of carbonyl (C=O) groups excluding carboxylic acids is 1. The van der Waals surface area contributed by atoms with Crippen molar-refractivity contribution in [3.05, 3.63) is 60.7 Å². The molecule has 1 heterocycles. The van der Waals surface area contributed by atoms with Crippen molar-refractivity contribution in [2.45, 2.75) is 71.1 Å². The second-order valence-electron chi connectivity index (χ2n) is 11.4. The van der Waals surface area contributed by atoms with E-state index in [-0.39, 0.29) is 29.7 Å². The predicted octanol–water partition coefficient (Wildman–Crippen LogP) is 4.57. The molecule has 2 atom stereocenters. The van der Waals surface area contributed by atoms with Crippen LogP contribution in [-0.2, 0) is 9.16 Å². The number of benzene rings is 2. The summed E-state index contributed by atoms with van der Waals surface area (Å²) in [5.74, 6) is 0.159. The zero-order valence-electron chi connectivity index (χ0n) is 21.6. The molecule has 0 aromatic heterocycles. The maximum Gasteiger partial charge on any atom is 0.410 e. The van der Waals surface area contributed by atoms with Crippen LogP contribution in [0.2, 0.25) is 5.04 Å². The molecule has 2 aromatic rings. The zero-order chi connectivity index (χ0) is 25.0. The molecule has 1 fully saturated rings. The number of aliphatic hydroxyl groups excluding tert-OH is 1. The Kier molecular flexibility index (Phi) is 8.27. The minimum absolute atomic E-state index is 0.123. The Morgan fingerprint density at radius 3 is 1.94 bits per heavy atom. The Labute approximate surface area is 206 Å². The van der Waals surface area contributed by atoms with Gasteiger partial charge in [-0.1, -0.05) is 81.4 Å². The minimum Gasteiger partial charge on any atom is -0.444 e. The third-order valence-electron chi connectivity index (χ3n) is 6.62. The van der Waals surface area contributed by atoms with Crippen molar-refractivity contribution in [2.75, 3.05) is 19.8 Å². The summed E-state index contributed by atoms with van der Waals surface area (Å²) in [6.45, 7) is 13.5. The molecule has 0 radical (unpaired) electrons. The average Bonchev–Trinajstić information content (AvgIpc) is 2.78. The van der Waals surface area contributed by atoms with Crippen LogP contribution in [0.5, 0.6) is 0 Å². The van der Waals surface area contributed by atoms with Gasteiger partial charge in [0.05, 0.1) is 12.6 Å². The molecular formula is C28H41NO4Si. The minimum atomic E-state index is -2.72. The van der Waals surface area contributed by atoms with Crippen molar-refractivity contribution in [1.29, 1.82) is 0 Å². The van der Waals surface area contributed by atoms with E-state index in [0.29, 0.717) is 19.6 Å². The van der Waals surface area contributed by atoms with Crippen LogP contribution in [0.25, 0.3) is 0 Å². The Morgan fingerprint density at radius 1 is 0.971 bits per heavy atom. The van der Waals surface area contributed by atoms with Crippen molar-refractivity contribution in [3.8, 4) is 0 Å². The van der Waals surface area contributed by atoms with Crippen LogP contribution in [0.15, 0.2) is 60.7 Å². The topological polar surface area (TPSA) is 59.0 Å². The van der Waals surface area contributed by atoms with Crippen LogP contribution in [0.1, 0.15) is 54.4 Å². The first-order valence-corrected chi connectivity index (χ1v) is 14.2. The molecular weight excluding hydrogens is 442 g/mol. The van der Waals surface area contributed by atoms with Crippen molar-refractivity contribution in [2.24, 2.45) is 5.92 Å². The third-order valence-corrected chi connectivity index (χ3v) is 11.6. The molecule has 6 heteroatoms. The van der Waals surface area contributed by atoms with Crippen LogP contribution in [0.4, 0.5) is 4.79 Å². The van der Waals surface area contributed by atoms with Crippen molar-refractivity contribution in [3.63, 3.8) is 0 Å². The Bertz CT molecular complexity index is 881. The lowest BCUT2D eigenvalue weighted by molar-refractivity contribution is -0.00749. The number of likely N-dealkylation sites (tertiary alicyclic amines) is 1. The Balaban J connectivity index is 1.99. The summed E-state index contributed by atoms with van der Waals surface area (Å²) in [5.41, 5.74) is -0.561. The molecule has 0 spiro atoms. The smallest absolute Gasteiger partial charge is 0.410 e. The maximum absolute atomic E-state index is 13.1. The summed E-state index contributed by atoms with van der Waals surface area (Å²) in [4.78, 5) is 14.9. The number of piperidine rings is 1. The molecule has 1 saturated heterocycles. The van der Waals surface area contributed by atoms with Gasteiger partial charge in [-0.15, -0.1) is 0 Å². The van der Waals surface area contributed by atoms with E-state index in [2.05, 4.69) is 69.3 Å². The molecule has 1 aliphatic rings. The SMILES string of the molecule is CC(C)(C)OC(=O)N1CC[C@@H](CO)C[C@@H]1CO[Si](c1ccccc1)(c1ccccc1)C(C)(C)C. The van der Waals surface area contributed by atoms with Gasteiger partial charge >= 0.3 is 6.09 Å². The summed E-state index contributed by atoms with van der Waals surface area (Å²) in [6.07, 6.45) is 1.17. The van der Waals surface area contributed by atoms with Crippen LogP contribution in [-0.4, -0.2) is 55.8 Å². The van der Waals surface area contributed by atoms with Gasteiger partial charge in [0.15, 0.2) is 0 Å². The standard InChI is InChI=1S/C28H41NO4Si/c1-27(2,3)33-26(31)29-18-17-22(20-30)19-23(29)21-32-34(28(4,5)6,24-13-9-7-10-14-24)25-15-11-8-12-16-25/h7-16,22-23,30H,17-21H2,1-6H3/t22-,23-/m1/s1. The number of hydrogen-bond acceptors (Lipinski definition) is 4. The fourth-order valence-corrected chi connectivity index (χ4v) is 9.60. The lowest BCUT2D eigenvalue weighted by atomic mass is 9.92. The van der Waals surface area contributed by atoms with Crippen molar-refractivity contribution >= 4 is 24.8 Å².